The van der Waals surface area contributed by atoms with E-state index in [0.717, 1.165) is 12.1 Å². The van der Waals surface area contributed by atoms with E-state index in [-0.39, 0.29) is 11.7 Å². The maximum absolute atomic E-state index is 11.7. The number of aromatic nitrogens is 1. The van der Waals surface area contributed by atoms with E-state index < -0.39 is 5.97 Å². The zero-order valence-corrected chi connectivity index (χ0v) is 12.0. The first-order chi connectivity index (χ1) is 10.1. The summed E-state index contributed by atoms with van der Waals surface area (Å²) in [4.78, 5) is 26.2. The summed E-state index contributed by atoms with van der Waals surface area (Å²) in [6.07, 6.45) is 7.68. The highest BCUT2D eigenvalue weighted by atomic mass is 16.4. The Morgan fingerprint density at radius 3 is 2.57 bits per heavy atom. The normalized spacial score (nSPS) is 15.4. The lowest BCUT2D eigenvalue weighted by Crippen LogP contribution is -2.38. The molecule has 0 unspecified atom stereocenters. The van der Waals surface area contributed by atoms with Crippen LogP contribution in [0, 0.1) is 5.92 Å². The molecule has 0 saturated heterocycles. The van der Waals surface area contributed by atoms with E-state index in [1.807, 2.05) is 0 Å². The van der Waals surface area contributed by atoms with Gasteiger partial charge in [0.25, 0.3) is 0 Å². The largest absolute Gasteiger partial charge is 0.477 e. The van der Waals surface area contributed by atoms with E-state index in [1.165, 1.54) is 44.4 Å². The molecule has 6 nitrogen and oxygen atoms in total. The molecule has 0 aliphatic heterocycles. The van der Waals surface area contributed by atoms with Crippen molar-refractivity contribution in [3.8, 4) is 0 Å². The van der Waals surface area contributed by atoms with Crippen molar-refractivity contribution in [3.63, 3.8) is 0 Å². The maximum Gasteiger partial charge on any atom is 0.354 e. The minimum Gasteiger partial charge on any atom is -0.477 e. The Kier molecular flexibility index (Phi) is 5.54. The van der Waals surface area contributed by atoms with Crippen molar-refractivity contribution in [2.45, 2.75) is 38.6 Å². The highest BCUT2D eigenvalue weighted by Gasteiger charge is 2.14. The SMILES string of the molecule is O=C(NCc1ccc(C(=O)O)nc1)NCC1CCCCC1. The van der Waals surface area contributed by atoms with Crippen LogP contribution in [0.5, 0.6) is 0 Å². The summed E-state index contributed by atoms with van der Waals surface area (Å²) >= 11 is 0. The Hall–Kier alpha value is -2.11. The molecule has 114 valence electrons. The van der Waals surface area contributed by atoms with Crippen molar-refractivity contribution in [3.05, 3.63) is 29.6 Å². The average Bonchev–Trinajstić information content (AvgIpc) is 2.52. The van der Waals surface area contributed by atoms with Gasteiger partial charge in [-0.1, -0.05) is 25.3 Å². The fourth-order valence-corrected chi connectivity index (χ4v) is 2.53. The third kappa shape index (κ3) is 5.06. The number of amides is 2. The van der Waals surface area contributed by atoms with Crippen molar-refractivity contribution < 1.29 is 14.7 Å². The van der Waals surface area contributed by atoms with Crippen LogP contribution in [-0.2, 0) is 6.54 Å². The Labute approximate surface area is 124 Å². The zero-order valence-electron chi connectivity index (χ0n) is 12.0. The Morgan fingerprint density at radius 2 is 1.95 bits per heavy atom. The van der Waals surface area contributed by atoms with Gasteiger partial charge in [0.15, 0.2) is 0 Å². The van der Waals surface area contributed by atoms with Gasteiger partial charge >= 0.3 is 12.0 Å². The molecule has 1 heterocycles. The molecule has 1 aliphatic rings. The first-order valence-corrected chi connectivity index (χ1v) is 7.35. The van der Waals surface area contributed by atoms with Gasteiger partial charge in [0, 0.05) is 19.3 Å². The van der Waals surface area contributed by atoms with Crippen molar-refractivity contribution in [2.24, 2.45) is 5.92 Å². The molecule has 0 bridgehead atoms. The first kappa shape index (κ1) is 15.3. The number of carboxylic acids is 1. The molecule has 2 amide bonds. The topological polar surface area (TPSA) is 91.3 Å². The van der Waals surface area contributed by atoms with E-state index in [2.05, 4.69) is 15.6 Å². The van der Waals surface area contributed by atoms with Crippen LogP contribution in [0.25, 0.3) is 0 Å². The van der Waals surface area contributed by atoms with Crippen molar-refractivity contribution in [1.82, 2.24) is 15.6 Å². The first-order valence-electron chi connectivity index (χ1n) is 7.35. The monoisotopic (exact) mass is 291 g/mol. The number of carboxylic acid groups (broad SMARTS) is 1. The highest BCUT2D eigenvalue weighted by Crippen LogP contribution is 2.22. The molecule has 1 aromatic rings. The van der Waals surface area contributed by atoms with Gasteiger partial charge in [0.05, 0.1) is 0 Å². The summed E-state index contributed by atoms with van der Waals surface area (Å²) in [5.74, 6) is -0.458. The number of nitrogens with zero attached hydrogens (tertiary/aromatic N) is 1. The van der Waals surface area contributed by atoms with Gasteiger partial charge < -0.3 is 15.7 Å². The fourth-order valence-electron chi connectivity index (χ4n) is 2.53. The molecule has 21 heavy (non-hydrogen) atoms. The number of pyridine rings is 1. The van der Waals surface area contributed by atoms with E-state index in [9.17, 15) is 9.59 Å². The van der Waals surface area contributed by atoms with Crippen LogP contribution in [-0.4, -0.2) is 28.6 Å². The second-order valence-electron chi connectivity index (χ2n) is 5.42. The van der Waals surface area contributed by atoms with Gasteiger partial charge in [0.1, 0.15) is 5.69 Å². The lowest BCUT2D eigenvalue weighted by molar-refractivity contribution is 0.0690. The standard InChI is InChI=1S/C15H21N3O3/c19-14(20)13-7-6-12(9-16-13)10-18-15(21)17-8-11-4-2-1-3-5-11/h6-7,9,11H,1-5,8,10H2,(H,19,20)(H2,17,18,21). The lowest BCUT2D eigenvalue weighted by Gasteiger charge is -2.21. The minimum absolute atomic E-state index is 0.000463. The van der Waals surface area contributed by atoms with Crippen LogP contribution < -0.4 is 10.6 Å². The van der Waals surface area contributed by atoms with Crippen LogP contribution in [0.1, 0.15) is 48.2 Å². The highest BCUT2D eigenvalue weighted by molar-refractivity contribution is 5.85. The average molecular weight is 291 g/mol. The van der Waals surface area contributed by atoms with Gasteiger partial charge in [0.2, 0.25) is 0 Å². The molecular formula is C15H21N3O3. The molecule has 6 heteroatoms. The number of urea groups is 1. The summed E-state index contributed by atoms with van der Waals surface area (Å²) in [6.45, 7) is 1.06. The number of rotatable bonds is 5. The number of aromatic carboxylic acids is 1. The van der Waals surface area contributed by atoms with Crippen LogP contribution in [0.3, 0.4) is 0 Å². The number of carbonyl (C=O) groups excluding carboxylic acids is 1. The van der Waals surface area contributed by atoms with Crippen LogP contribution in [0.15, 0.2) is 18.3 Å². The van der Waals surface area contributed by atoms with Gasteiger partial charge in [-0.15, -0.1) is 0 Å². The second kappa shape index (κ2) is 7.61. The molecule has 3 N–H and O–H groups in total. The summed E-state index contributed by atoms with van der Waals surface area (Å²) in [7, 11) is 0. The summed E-state index contributed by atoms with van der Waals surface area (Å²) in [6, 6.07) is 2.89. The molecular weight excluding hydrogens is 270 g/mol. The Balaban J connectivity index is 1.69. The smallest absolute Gasteiger partial charge is 0.354 e. The summed E-state index contributed by atoms with van der Waals surface area (Å²) < 4.78 is 0. The number of carbonyl (C=O) groups is 2. The van der Waals surface area contributed by atoms with Gasteiger partial charge in [-0.2, -0.15) is 0 Å². The number of hydrogen-bond donors (Lipinski definition) is 3. The maximum atomic E-state index is 11.7. The quantitative estimate of drug-likeness (QED) is 0.775. The molecule has 0 aromatic carbocycles. The lowest BCUT2D eigenvalue weighted by atomic mass is 9.89. The van der Waals surface area contributed by atoms with Crippen LogP contribution >= 0.6 is 0 Å². The zero-order chi connectivity index (χ0) is 15.1. The number of nitrogens with one attached hydrogen (secondary N) is 2. The van der Waals surface area contributed by atoms with Crippen LogP contribution in [0.2, 0.25) is 0 Å². The van der Waals surface area contributed by atoms with Crippen LogP contribution in [0.4, 0.5) is 4.79 Å². The fraction of sp³-hybridized carbons (Fsp3) is 0.533. The predicted molar refractivity (Wildman–Crippen MR) is 78.0 cm³/mol. The molecule has 1 aromatic heterocycles. The van der Waals surface area contributed by atoms with Crippen molar-refractivity contribution in [2.75, 3.05) is 6.54 Å². The molecule has 0 radical (unpaired) electrons. The Bertz CT molecular complexity index is 481. The molecule has 2 rings (SSSR count). The summed E-state index contributed by atoms with van der Waals surface area (Å²) in [5, 5.41) is 14.4. The van der Waals surface area contributed by atoms with E-state index >= 15 is 0 Å². The number of hydrogen-bond acceptors (Lipinski definition) is 3. The molecule has 1 aliphatic carbocycles. The molecule has 1 fully saturated rings. The van der Waals surface area contributed by atoms with Crippen molar-refractivity contribution >= 4 is 12.0 Å². The van der Waals surface area contributed by atoms with E-state index in [0.29, 0.717) is 12.5 Å². The molecule has 0 atom stereocenters. The minimum atomic E-state index is -1.06. The summed E-state index contributed by atoms with van der Waals surface area (Å²) in [5.41, 5.74) is 0.772. The third-order valence-electron chi connectivity index (χ3n) is 3.77. The Morgan fingerprint density at radius 1 is 1.19 bits per heavy atom. The molecule has 1 saturated carbocycles. The van der Waals surface area contributed by atoms with Crippen molar-refractivity contribution in [1.29, 1.82) is 0 Å². The van der Waals surface area contributed by atoms with E-state index in [1.54, 1.807) is 6.07 Å². The predicted octanol–water partition coefficient (Wildman–Crippen LogP) is 2.16. The van der Waals surface area contributed by atoms with Gasteiger partial charge in [-0.3, -0.25) is 0 Å². The van der Waals surface area contributed by atoms with Gasteiger partial charge in [-0.05, 0) is 30.4 Å². The molecule has 0 spiro atoms. The second-order valence-corrected chi connectivity index (χ2v) is 5.42. The van der Waals surface area contributed by atoms with E-state index in [4.69, 9.17) is 5.11 Å². The third-order valence-corrected chi connectivity index (χ3v) is 3.77. The van der Waals surface area contributed by atoms with Gasteiger partial charge in [-0.25, -0.2) is 14.6 Å².